The molecule has 2 aromatic rings. The summed E-state index contributed by atoms with van der Waals surface area (Å²) in [5, 5.41) is 1.90. The SMILES string of the molecule is CCOP(=O)(OCC)C(F)c1ccc2ccccc2c1. The predicted molar refractivity (Wildman–Crippen MR) is 78.7 cm³/mol. The lowest BCUT2D eigenvalue weighted by molar-refractivity contribution is 0.190. The van der Waals surface area contributed by atoms with E-state index >= 15 is 0 Å². The maximum absolute atomic E-state index is 14.6. The highest BCUT2D eigenvalue weighted by atomic mass is 31.2. The van der Waals surface area contributed by atoms with Crippen molar-refractivity contribution in [3.8, 4) is 0 Å². The van der Waals surface area contributed by atoms with Crippen LogP contribution in [0.2, 0.25) is 0 Å². The Labute approximate surface area is 118 Å². The van der Waals surface area contributed by atoms with Crippen LogP contribution in [0.3, 0.4) is 0 Å². The van der Waals surface area contributed by atoms with Crippen molar-refractivity contribution < 1.29 is 18.0 Å². The number of hydrogen-bond acceptors (Lipinski definition) is 3. The fourth-order valence-corrected chi connectivity index (χ4v) is 3.65. The molecule has 0 amide bonds. The van der Waals surface area contributed by atoms with Gasteiger partial charge in [-0.1, -0.05) is 36.4 Å². The van der Waals surface area contributed by atoms with Crippen molar-refractivity contribution in [2.24, 2.45) is 0 Å². The van der Waals surface area contributed by atoms with Gasteiger partial charge < -0.3 is 9.05 Å². The minimum Gasteiger partial charge on any atom is -0.307 e. The number of halogens is 1. The summed E-state index contributed by atoms with van der Waals surface area (Å²) >= 11 is 0. The van der Waals surface area contributed by atoms with Crippen molar-refractivity contribution in [3.05, 3.63) is 48.0 Å². The average Bonchev–Trinajstić information content (AvgIpc) is 2.46. The van der Waals surface area contributed by atoms with Gasteiger partial charge in [0.05, 0.1) is 13.2 Å². The molecule has 0 bridgehead atoms. The van der Waals surface area contributed by atoms with Crippen LogP contribution in [-0.2, 0) is 13.6 Å². The Kier molecular flexibility index (Phi) is 4.92. The molecular weight excluding hydrogens is 278 g/mol. The van der Waals surface area contributed by atoms with E-state index in [1.807, 2.05) is 24.3 Å². The zero-order valence-electron chi connectivity index (χ0n) is 11.6. The highest BCUT2D eigenvalue weighted by Crippen LogP contribution is 2.61. The van der Waals surface area contributed by atoms with Crippen molar-refractivity contribution in [1.29, 1.82) is 0 Å². The third kappa shape index (κ3) is 3.09. The normalized spacial score (nSPS) is 13.6. The predicted octanol–water partition coefficient (Wildman–Crippen LogP) is 5.07. The van der Waals surface area contributed by atoms with E-state index in [9.17, 15) is 8.96 Å². The molecule has 0 heterocycles. The lowest BCUT2D eigenvalue weighted by atomic mass is 10.1. The second-order valence-corrected chi connectivity index (χ2v) is 6.37. The van der Waals surface area contributed by atoms with Crippen LogP contribution in [0, 0.1) is 0 Å². The maximum atomic E-state index is 14.6. The third-order valence-corrected chi connectivity index (χ3v) is 5.03. The summed E-state index contributed by atoms with van der Waals surface area (Å²) in [6, 6.07) is 12.7. The van der Waals surface area contributed by atoms with Crippen LogP contribution < -0.4 is 0 Å². The average molecular weight is 296 g/mol. The van der Waals surface area contributed by atoms with Crippen molar-refractivity contribution in [3.63, 3.8) is 0 Å². The molecule has 1 atom stereocenters. The Balaban J connectivity index is 2.38. The van der Waals surface area contributed by atoms with Gasteiger partial charge in [-0.15, -0.1) is 0 Å². The highest BCUT2D eigenvalue weighted by Gasteiger charge is 2.37. The summed E-state index contributed by atoms with van der Waals surface area (Å²) in [6.07, 6.45) is 0. The second kappa shape index (κ2) is 6.49. The molecule has 0 aromatic heterocycles. The zero-order valence-corrected chi connectivity index (χ0v) is 12.5. The lowest BCUT2D eigenvalue weighted by Crippen LogP contribution is -2.02. The Morgan fingerprint density at radius 1 is 1.05 bits per heavy atom. The van der Waals surface area contributed by atoms with Gasteiger partial charge in [-0.3, -0.25) is 4.57 Å². The first-order valence-electron chi connectivity index (χ1n) is 6.62. The van der Waals surface area contributed by atoms with Crippen LogP contribution in [-0.4, -0.2) is 13.2 Å². The molecule has 0 aliphatic carbocycles. The number of hydrogen-bond donors (Lipinski definition) is 0. The number of fused-ring (bicyclic) bond motifs is 1. The standard InChI is InChI=1S/C15H18FO3P/c1-3-18-20(17,19-4-2)15(16)14-10-9-12-7-5-6-8-13(12)11-14/h5-11,15H,3-4H2,1-2H3. The molecule has 2 rings (SSSR count). The Bertz CT molecular complexity index is 619. The molecule has 0 saturated heterocycles. The monoisotopic (exact) mass is 296 g/mol. The minimum absolute atomic E-state index is 0.144. The number of rotatable bonds is 6. The van der Waals surface area contributed by atoms with Crippen LogP contribution in [0.4, 0.5) is 4.39 Å². The maximum Gasteiger partial charge on any atom is 0.369 e. The molecule has 1 unspecified atom stereocenters. The van der Waals surface area contributed by atoms with Gasteiger partial charge in [0.15, 0.2) is 0 Å². The molecule has 108 valence electrons. The van der Waals surface area contributed by atoms with Gasteiger partial charge >= 0.3 is 7.60 Å². The van der Waals surface area contributed by atoms with Crippen LogP contribution in [0.1, 0.15) is 25.3 Å². The van der Waals surface area contributed by atoms with Crippen LogP contribution in [0.25, 0.3) is 10.8 Å². The summed E-state index contributed by atoms with van der Waals surface area (Å²) in [5.74, 6) is -1.77. The summed E-state index contributed by atoms with van der Waals surface area (Å²) in [4.78, 5) is 0. The first-order chi connectivity index (χ1) is 9.60. The first kappa shape index (κ1) is 15.2. The van der Waals surface area contributed by atoms with E-state index in [-0.39, 0.29) is 13.2 Å². The smallest absolute Gasteiger partial charge is 0.307 e. The molecular formula is C15H18FO3P. The van der Waals surface area contributed by atoms with E-state index < -0.39 is 13.5 Å². The van der Waals surface area contributed by atoms with E-state index in [1.54, 1.807) is 32.0 Å². The van der Waals surface area contributed by atoms with E-state index in [0.29, 0.717) is 5.56 Å². The van der Waals surface area contributed by atoms with E-state index in [1.165, 1.54) is 0 Å². The molecule has 3 nitrogen and oxygen atoms in total. The molecule has 0 radical (unpaired) electrons. The van der Waals surface area contributed by atoms with E-state index in [0.717, 1.165) is 10.8 Å². The van der Waals surface area contributed by atoms with Gasteiger partial charge in [-0.2, -0.15) is 0 Å². The van der Waals surface area contributed by atoms with Gasteiger partial charge in [0.1, 0.15) is 0 Å². The Hall–Kier alpha value is -1.22. The fourth-order valence-electron chi connectivity index (χ4n) is 2.07. The van der Waals surface area contributed by atoms with Gasteiger partial charge in [0.25, 0.3) is 0 Å². The molecule has 0 spiro atoms. The van der Waals surface area contributed by atoms with Crippen LogP contribution in [0.15, 0.2) is 42.5 Å². The van der Waals surface area contributed by atoms with Crippen LogP contribution in [0.5, 0.6) is 0 Å². The van der Waals surface area contributed by atoms with Gasteiger partial charge in [0, 0.05) is 0 Å². The summed E-state index contributed by atoms with van der Waals surface area (Å²) < 4.78 is 37.1. The van der Waals surface area contributed by atoms with Crippen molar-refractivity contribution in [1.82, 2.24) is 0 Å². The molecule has 0 aliphatic heterocycles. The van der Waals surface area contributed by atoms with Crippen molar-refractivity contribution in [2.75, 3.05) is 13.2 Å². The van der Waals surface area contributed by atoms with Gasteiger partial charge in [0.2, 0.25) is 5.91 Å². The largest absolute Gasteiger partial charge is 0.369 e. The van der Waals surface area contributed by atoms with Crippen molar-refractivity contribution >= 4 is 18.4 Å². The summed E-state index contributed by atoms with van der Waals surface area (Å²) in [6.45, 7) is 3.62. The fraction of sp³-hybridized carbons (Fsp3) is 0.333. The first-order valence-corrected chi connectivity index (χ1v) is 8.23. The number of benzene rings is 2. The van der Waals surface area contributed by atoms with Gasteiger partial charge in [-0.25, -0.2) is 4.39 Å². The Morgan fingerprint density at radius 3 is 2.25 bits per heavy atom. The molecule has 20 heavy (non-hydrogen) atoms. The molecule has 0 saturated carbocycles. The van der Waals surface area contributed by atoms with Gasteiger partial charge in [-0.05, 0) is 36.2 Å². The molecule has 0 N–H and O–H groups in total. The minimum atomic E-state index is -3.78. The van der Waals surface area contributed by atoms with Crippen molar-refractivity contribution in [2.45, 2.75) is 19.8 Å². The molecule has 0 fully saturated rings. The quantitative estimate of drug-likeness (QED) is 0.698. The molecule has 0 aliphatic rings. The number of alkyl halides is 1. The highest BCUT2D eigenvalue weighted by molar-refractivity contribution is 7.54. The molecule has 2 aromatic carbocycles. The topological polar surface area (TPSA) is 35.5 Å². The molecule has 5 heteroatoms. The second-order valence-electron chi connectivity index (χ2n) is 4.32. The zero-order chi connectivity index (χ0) is 14.6. The third-order valence-electron chi connectivity index (χ3n) is 2.94. The summed E-state index contributed by atoms with van der Waals surface area (Å²) in [5.41, 5.74) is 0.314. The lowest BCUT2D eigenvalue weighted by Gasteiger charge is -2.21. The van der Waals surface area contributed by atoms with Crippen LogP contribution >= 0.6 is 7.60 Å². The summed E-state index contributed by atoms with van der Waals surface area (Å²) in [7, 11) is -3.78. The Morgan fingerprint density at radius 2 is 1.65 bits per heavy atom. The van der Waals surface area contributed by atoms with E-state index in [4.69, 9.17) is 9.05 Å². The van der Waals surface area contributed by atoms with E-state index in [2.05, 4.69) is 0 Å².